The van der Waals surface area contributed by atoms with Crippen molar-refractivity contribution in [2.45, 2.75) is 33.0 Å². The van der Waals surface area contributed by atoms with Crippen LogP contribution in [0.3, 0.4) is 0 Å². The van der Waals surface area contributed by atoms with Crippen molar-refractivity contribution in [3.8, 4) is 11.3 Å². The average molecular weight is 496 g/mol. The van der Waals surface area contributed by atoms with Crippen LogP contribution in [0.25, 0.3) is 16.9 Å². The van der Waals surface area contributed by atoms with Gasteiger partial charge in [0.1, 0.15) is 11.4 Å². The molecule has 3 aromatic heterocycles. The molecule has 0 atom stereocenters. The number of carbonyl (C=O) groups excluding carboxylic acids is 1. The summed E-state index contributed by atoms with van der Waals surface area (Å²) in [5, 5.41) is 9.71. The lowest BCUT2D eigenvalue weighted by Crippen LogP contribution is -2.50. The van der Waals surface area contributed by atoms with Crippen LogP contribution in [0.15, 0.2) is 30.7 Å². The van der Waals surface area contributed by atoms with E-state index in [-0.39, 0.29) is 12.7 Å². The van der Waals surface area contributed by atoms with Crippen LogP contribution < -0.4 is 9.80 Å². The van der Waals surface area contributed by atoms with Gasteiger partial charge in [0.25, 0.3) is 0 Å². The van der Waals surface area contributed by atoms with Gasteiger partial charge in [-0.2, -0.15) is 0 Å². The fraction of sp³-hybridized carbons (Fsp3) is 0.520. The highest BCUT2D eigenvalue weighted by molar-refractivity contribution is 5.72. The predicted molar refractivity (Wildman–Crippen MR) is 135 cm³/mol. The number of amides is 1. The highest BCUT2D eigenvalue weighted by atomic mass is 16.6. The van der Waals surface area contributed by atoms with Gasteiger partial charge in [-0.1, -0.05) is 0 Å². The van der Waals surface area contributed by atoms with E-state index in [1.54, 1.807) is 4.90 Å². The molecule has 2 aliphatic rings. The number of pyridine rings is 1. The Kier molecular flexibility index (Phi) is 6.67. The van der Waals surface area contributed by atoms with Gasteiger partial charge in [-0.25, -0.2) is 19.7 Å². The molecule has 0 aromatic carbocycles. The fourth-order valence-corrected chi connectivity index (χ4v) is 4.47. The van der Waals surface area contributed by atoms with Crippen molar-refractivity contribution in [3.05, 3.63) is 36.4 Å². The molecule has 3 aromatic rings. The minimum absolute atomic E-state index is 0.143. The first-order valence-corrected chi connectivity index (χ1v) is 12.3. The molecule has 11 nitrogen and oxygen atoms in total. The zero-order chi connectivity index (χ0) is 25.3. The molecule has 0 saturated carbocycles. The van der Waals surface area contributed by atoms with Crippen molar-refractivity contribution in [1.82, 2.24) is 24.3 Å². The largest absolute Gasteiger partial charge is 0.444 e. The number of rotatable bonds is 4. The van der Waals surface area contributed by atoms with Gasteiger partial charge in [0.2, 0.25) is 0 Å². The highest BCUT2D eigenvalue weighted by Gasteiger charge is 2.26. The van der Waals surface area contributed by atoms with Crippen LogP contribution in [0.4, 0.5) is 16.4 Å². The molecule has 0 spiro atoms. The normalized spacial score (nSPS) is 17.1. The maximum Gasteiger partial charge on any atom is 0.410 e. The average Bonchev–Trinajstić information content (AvgIpc) is 3.33. The molecule has 11 heteroatoms. The van der Waals surface area contributed by atoms with Crippen LogP contribution in [0.2, 0.25) is 0 Å². The number of imidazole rings is 1. The standard InChI is InChI=1S/C25H33N7O4/c1-25(2,3)36-24(34)31-8-6-29(7-9-31)21-5-4-18(14-26-21)20-15-27-22(30-10-12-35-13-11-30)23-28-19(17-33)16-32(20)23/h4-5,14-16,33H,6-13,17H2,1-3H3. The van der Waals surface area contributed by atoms with Gasteiger partial charge in [-0.3, -0.25) is 4.40 Å². The Hall–Kier alpha value is -3.44. The molecular formula is C25H33N7O4. The van der Waals surface area contributed by atoms with Crippen molar-refractivity contribution >= 4 is 23.4 Å². The molecule has 1 N–H and O–H groups in total. The van der Waals surface area contributed by atoms with Crippen molar-refractivity contribution < 1.29 is 19.4 Å². The van der Waals surface area contributed by atoms with Crippen molar-refractivity contribution in [3.63, 3.8) is 0 Å². The second-order valence-electron chi connectivity index (χ2n) is 10.0. The lowest BCUT2D eigenvalue weighted by Gasteiger charge is -2.36. The zero-order valence-electron chi connectivity index (χ0n) is 21.1. The summed E-state index contributed by atoms with van der Waals surface area (Å²) in [5.74, 6) is 1.65. The Morgan fingerprint density at radius 3 is 2.42 bits per heavy atom. The summed E-state index contributed by atoms with van der Waals surface area (Å²) >= 11 is 0. The van der Waals surface area contributed by atoms with E-state index in [9.17, 15) is 9.90 Å². The number of piperazine rings is 1. The maximum atomic E-state index is 12.3. The summed E-state index contributed by atoms with van der Waals surface area (Å²) in [7, 11) is 0. The molecular weight excluding hydrogens is 462 g/mol. The van der Waals surface area contributed by atoms with Crippen molar-refractivity contribution in [1.29, 1.82) is 0 Å². The first-order valence-electron chi connectivity index (χ1n) is 12.3. The third-order valence-corrected chi connectivity index (χ3v) is 6.30. The lowest BCUT2D eigenvalue weighted by molar-refractivity contribution is 0.0240. The van der Waals surface area contributed by atoms with Crippen LogP contribution in [0.5, 0.6) is 0 Å². The molecule has 192 valence electrons. The van der Waals surface area contributed by atoms with Crippen LogP contribution in [0, 0.1) is 0 Å². The molecule has 5 rings (SSSR count). The first kappa shape index (κ1) is 24.3. The topological polar surface area (TPSA) is 109 Å². The number of nitrogens with zero attached hydrogens (tertiary/aromatic N) is 7. The number of hydrogen-bond acceptors (Lipinski definition) is 9. The number of aromatic nitrogens is 4. The maximum absolute atomic E-state index is 12.3. The second-order valence-corrected chi connectivity index (χ2v) is 10.0. The van der Waals surface area contributed by atoms with E-state index in [2.05, 4.69) is 14.8 Å². The fourth-order valence-electron chi connectivity index (χ4n) is 4.47. The quantitative estimate of drug-likeness (QED) is 0.582. The van der Waals surface area contributed by atoms with Crippen molar-refractivity contribution in [2.24, 2.45) is 0 Å². The van der Waals surface area contributed by atoms with Gasteiger partial charge in [-0.05, 0) is 32.9 Å². The van der Waals surface area contributed by atoms with E-state index < -0.39 is 5.60 Å². The van der Waals surface area contributed by atoms with Gasteiger partial charge in [0, 0.05) is 57.2 Å². The van der Waals surface area contributed by atoms with Gasteiger partial charge < -0.3 is 29.3 Å². The predicted octanol–water partition coefficient (Wildman–Crippen LogP) is 2.18. The Bertz CT molecular complexity index is 1210. The minimum Gasteiger partial charge on any atom is -0.444 e. The molecule has 0 aliphatic carbocycles. The highest BCUT2D eigenvalue weighted by Crippen LogP contribution is 2.28. The smallest absolute Gasteiger partial charge is 0.410 e. The van der Waals surface area contributed by atoms with E-state index in [1.807, 2.05) is 55.9 Å². The van der Waals surface area contributed by atoms with E-state index in [1.165, 1.54) is 0 Å². The summed E-state index contributed by atoms with van der Waals surface area (Å²) in [6.45, 7) is 10.8. The summed E-state index contributed by atoms with van der Waals surface area (Å²) in [5.41, 5.74) is 2.55. The number of ether oxygens (including phenoxy) is 2. The summed E-state index contributed by atoms with van der Waals surface area (Å²) < 4.78 is 12.9. The molecule has 0 radical (unpaired) electrons. The molecule has 36 heavy (non-hydrogen) atoms. The van der Waals surface area contributed by atoms with Gasteiger partial charge in [0.05, 0.1) is 37.4 Å². The number of anilines is 2. The Balaban J connectivity index is 1.33. The Morgan fingerprint density at radius 2 is 1.78 bits per heavy atom. The molecule has 1 amide bonds. The Morgan fingerprint density at radius 1 is 1.03 bits per heavy atom. The van der Waals surface area contributed by atoms with E-state index >= 15 is 0 Å². The number of fused-ring (bicyclic) bond motifs is 1. The SMILES string of the molecule is CC(C)(C)OC(=O)N1CCN(c2ccc(-c3cnc(N4CCOCC4)c4nc(CO)cn34)cn2)CC1. The van der Waals surface area contributed by atoms with E-state index in [0.29, 0.717) is 50.7 Å². The summed E-state index contributed by atoms with van der Waals surface area (Å²) in [4.78, 5) is 32.5. The zero-order valence-corrected chi connectivity index (χ0v) is 21.1. The number of aliphatic hydroxyl groups excluding tert-OH is 1. The molecule has 2 aliphatic heterocycles. The van der Waals surface area contributed by atoms with Crippen LogP contribution in [-0.4, -0.2) is 93.5 Å². The first-order chi connectivity index (χ1) is 17.3. The second kappa shape index (κ2) is 9.90. The number of aliphatic hydroxyl groups is 1. The summed E-state index contributed by atoms with van der Waals surface area (Å²) in [6.07, 6.45) is 5.24. The number of hydrogen-bond donors (Lipinski definition) is 1. The van der Waals surface area contributed by atoms with Crippen LogP contribution in [-0.2, 0) is 16.1 Å². The minimum atomic E-state index is -0.501. The monoisotopic (exact) mass is 495 g/mol. The van der Waals surface area contributed by atoms with E-state index in [0.717, 1.165) is 36.0 Å². The third kappa shape index (κ3) is 5.07. The molecule has 2 fully saturated rings. The molecule has 5 heterocycles. The van der Waals surface area contributed by atoms with Gasteiger partial charge in [0.15, 0.2) is 11.5 Å². The van der Waals surface area contributed by atoms with Gasteiger partial charge >= 0.3 is 6.09 Å². The Labute approximate surface area is 210 Å². The number of carbonyl (C=O) groups is 1. The van der Waals surface area contributed by atoms with Crippen LogP contribution in [0.1, 0.15) is 26.5 Å². The number of morpholine rings is 1. The van der Waals surface area contributed by atoms with Gasteiger partial charge in [-0.15, -0.1) is 0 Å². The van der Waals surface area contributed by atoms with Crippen molar-refractivity contribution in [2.75, 3.05) is 62.3 Å². The molecule has 0 unspecified atom stereocenters. The van der Waals surface area contributed by atoms with E-state index in [4.69, 9.17) is 19.4 Å². The molecule has 0 bridgehead atoms. The third-order valence-electron chi connectivity index (χ3n) is 6.30. The van der Waals surface area contributed by atoms with Crippen LogP contribution >= 0.6 is 0 Å². The molecule has 2 saturated heterocycles. The summed E-state index contributed by atoms with van der Waals surface area (Å²) in [6, 6.07) is 4.01. The lowest BCUT2D eigenvalue weighted by atomic mass is 10.2.